The molecular formula is C20H18N2O5. The topological polar surface area (TPSA) is 95.9 Å². The van der Waals surface area contributed by atoms with Crippen molar-refractivity contribution in [1.82, 2.24) is 4.90 Å². The van der Waals surface area contributed by atoms with E-state index >= 15 is 0 Å². The lowest BCUT2D eigenvalue weighted by molar-refractivity contribution is -0.137. The van der Waals surface area contributed by atoms with E-state index in [1.807, 2.05) is 30.3 Å². The van der Waals surface area contributed by atoms with Crippen LogP contribution in [0.25, 0.3) is 11.1 Å². The SMILES string of the molecule is COC(=O)c1cccc(NC2=CC(=O)N(CCO)C2=O)c1-c1ccccc1. The van der Waals surface area contributed by atoms with Crippen LogP contribution in [0.1, 0.15) is 10.4 Å². The third kappa shape index (κ3) is 3.58. The summed E-state index contributed by atoms with van der Waals surface area (Å²) in [4.78, 5) is 37.5. The second-order valence-corrected chi connectivity index (χ2v) is 5.79. The number of anilines is 1. The molecule has 0 saturated heterocycles. The first kappa shape index (κ1) is 18.3. The molecule has 0 aromatic heterocycles. The van der Waals surface area contributed by atoms with Crippen molar-refractivity contribution >= 4 is 23.5 Å². The molecule has 0 unspecified atom stereocenters. The Morgan fingerprint density at radius 2 is 1.85 bits per heavy atom. The predicted octanol–water partition coefficient (Wildman–Crippen LogP) is 1.80. The summed E-state index contributed by atoms with van der Waals surface area (Å²) in [5.41, 5.74) is 2.21. The van der Waals surface area contributed by atoms with Gasteiger partial charge in [0.05, 0.1) is 25.8 Å². The highest BCUT2D eigenvalue weighted by Gasteiger charge is 2.31. The summed E-state index contributed by atoms with van der Waals surface area (Å²) < 4.78 is 4.87. The molecule has 1 heterocycles. The normalized spacial score (nSPS) is 13.6. The minimum absolute atomic E-state index is 0.0763. The van der Waals surface area contributed by atoms with Crippen LogP contribution in [0.5, 0.6) is 0 Å². The highest BCUT2D eigenvalue weighted by Crippen LogP contribution is 2.33. The van der Waals surface area contributed by atoms with Crippen molar-refractivity contribution in [2.24, 2.45) is 0 Å². The van der Waals surface area contributed by atoms with Crippen LogP contribution in [0, 0.1) is 0 Å². The first-order chi connectivity index (χ1) is 13.1. The molecule has 2 amide bonds. The fraction of sp³-hybridized carbons (Fsp3) is 0.150. The Hall–Kier alpha value is -3.45. The Bertz CT molecular complexity index is 921. The molecule has 138 valence electrons. The average molecular weight is 366 g/mol. The zero-order valence-electron chi connectivity index (χ0n) is 14.6. The molecule has 27 heavy (non-hydrogen) atoms. The van der Waals surface area contributed by atoms with Gasteiger partial charge in [0.1, 0.15) is 5.70 Å². The Labute approximate surface area is 155 Å². The van der Waals surface area contributed by atoms with Gasteiger partial charge >= 0.3 is 5.97 Å². The summed E-state index contributed by atoms with van der Waals surface area (Å²) in [7, 11) is 1.30. The fourth-order valence-corrected chi connectivity index (χ4v) is 2.91. The lowest BCUT2D eigenvalue weighted by Gasteiger charge is -2.17. The van der Waals surface area contributed by atoms with Gasteiger partial charge in [0.15, 0.2) is 0 Å². The summed E-state index contributed by atoms with van der Waals surface area (Å²) in [5, 5.41) is 12.0. The zero-order valence-corrected chi connectivity index (χ0v) is 14.6. The lowest BCUT2D eigenvalue weighted by atomic mass is 9.97. The van der Waals surface area contributed by atoms with Crippen molar-refractivity contribution in [3.63, 3.8) is 0 Å². The van der Waals surface area contributed by atoms with E-state index in [1.165, 1.54) is 13.2 Å². The molecule has 0 fully saturated rings. The van der Waals surface area contributed by atoms with E-state index in [4.69, 9.17) is 9.84 Å². The minimum atomic E-state index is -0.531. The van der Waals surface area contributed by atoms with Crippen molar-refractivity contribution in [3.8, 4) is 11.1 Å². The fourth-order valence-electron chi connectivity index (χ4n) is 2.91. The number of aliphatic hydroxyl groups excluding tert-OH is 1. The van der Waals surface area contributed by atoms with Gasteiger partial charge in [0, 0.05) is 17.3 Å². The molecule has 7 heteroatoms. The van der Waals surface area contributed by atoms with Gasteiger partial charge in [-0.15, -0.1) is 0 Å². The first-order valence-electron chi connectivity index (χ1n) is 8.29. The Balaban J connectivity index is 2.04. The Kier molecular flexibility index (Phi) is 5.33. The maximum absolute atomic E-state index is 12.4. The van der Waals surface area contributed by atoms with Crippen LogP contribution in [0.3, 0.4) is 0 Å². The Morgan fingerprint density at radius 1 is 1.11 bits per heavy atom. The standard InChI is InChI=1S/C20H18N2O5/c1-27-20(26)14-8-5-9-15(18(14)13-6-3-2-4-7-13)21-16-12-17(24)22(10-11-23)19(16)25/h2-9,12,21,23H,10-11H2,1H3. The van der Waals surface area contributed by atoms with Crippen molar-refractivity contribution in [3.05, 3.63) is 65.9 Å². The van der Waals surface area contributed by atoms with Gasteiger partial charge in [0.25, 0.3) is 11.8 Å². The van der Waals surface area contributed by atoms with Crippen molar-refractivity contribution in [1.29, 1.82) is 0 Å². The van der Waals surface area contributed by atoms with Gasteiger partial charge in [-0.3, -0.25) is 14.5 Å². The minimum Gasteiger partial charge on any atom is -0.465 e. The van der Waals surface area contributed by atoms with Gasteiger partial charge in [-0.2, -0.15) is 0 Å². The van der Waals surface area contributed by atoms with E-state index < -0.39 is 17.8 Å². The molecule has 0 spiro atoms. The number of nitrogens with zero attached hydrogens (tertiary/aromatic N) is 1. The number of β-amino-alcohol motifs (C(OH)–C–C–N with tert-alkyl or cyclic N) is 1. The molecule has 1 aliphatic rings. The van der Waals surface area contributed by atoms with E-state index in [9.17, 15) is 14.4 Å². The number of nitrogens with one attached hydrogen (secondary N) is 1. The smallest absolute Gasteiger partial charge is 0.338 e. The van der Waals surface area contributed by atoms with E-state index in [0.717, 1.165) is 10.5 Å². The first-order valence-corrected chi connectivity index (χ1v) is 8.29. The number of carbonyl (C=O) groups is 3. The molecule has 0 aliphatic carbocycles. The monoisotopic (exact) mass is 366 g/mol. The number of hydrogen-bond acceptors (Lipinski definition) is 6. The number of amides is 2. The van der Waals surface area contributed by atoms with E-state index in [0.29, 0.717) is 16.8 Å². The lowest BCUT2D eigenvalue weighted by Crippen LogP contribution is -2.34. The number of carbonyl (C=O) groups excluding carboxylic acids is 3. The number of ether oxygens (including phenoxy) is 1. The number of benzene rings is 2. The Morgan fingerprint density at radius 3 is 2.52 bits per heavy atom. The quantitative estimate of drug-likeness (QED) is 0.598. The van der Waals surface area contributed by atoms with Crippen molar-refractivity contribution < 1.29 is 24.2 Å². The van der Waals surface area contributed by atoms with E-state index in [2.05, 4.69) is 5.32 Å². The summed E-state index contributed by atoms with van der Waals surface area (Å²) >= 11 is 0. The number of rotatable bonds is 6. The number of aliphatic hydroxyl groups is 1. The van der Waals surface area contributed by atoms with Gasteiger partial charge in [-0.05, 0) is 17.7 Å². The second kappa shape index (κ2) is 7.84. The summed E-state index contributed by atoms with van der Waals surface area (Å²) in [6.07, 6.45) is 1.18. The van der Waals surface area contributed by atoms with Crippen LogP contribution in [0.4, 0.5) is 5.69 Å². The van der Waals surface area contributed by atoms with Gasteiger partial charge < -0.3 is 15.2 Å². The molecule has 2 aromatic rings. The van der Waals surface area contributed by atoms with Crippen molar-refractivity contribution in [2.75, 3.05) is 25.6 Å². The molecule has 7 nitrogen and oxygen atoms in total. The maximum atomic E-state index is 12.4. The molecule has 0 saturated carbocycles. The van der Waals surface area contributed by atoms with Gasteiger partial charge in [0.2, 0.25) is 0 Å². The van der Waals surface area contributed by atoms with Crippen LogP contribution in [0.2, 0.25) is 0 Å². The molecule has 0 bridgehead atoms. The van der Waals surface area contributed by atoms with Crippen LogP contribution in [-0.4, -0.2) is 48.1 Å². The van der Waals surface area contributed by atoms with Crippen LogP contribution < -0.4 is 5.32 Å². The van der Waals surface area contributed by atoms with Crippen LogP contribution in [-0.2, 0) is 14.3 Å². The highest BCUT2D eigenvalue weighted by molar-refractivity contribution is 6.18. The third-order valence-corrected chi connectivity index (χ3v) is 4.13. The zero-order chi connectivity index (χ0) is 19.4. The molecule has 0 radical (unpaired) electrons. The molecule has 1 aliphatic heterocycles. The number of methoxy groups -OCH3 is 1. The molecule has 2 N–H and O–H groups in total. The van der Waals surface area contributed by atoms with Crippen molar-refractivity contribution in [2.45, 2.75) is 0 Å². The number of esters is 1. The van der Waals surface area contributed by atoms with Crippen LogP contribution >= 0.6 is 0 Å². The summed E-state index contributed by atoms with van der Waals surface area (Å²) in [6, 6.07) is 14.2. The molecule has 0 atom stereocenters. The summed E-state index contributed by atoms with van der Waals surface area (Å²) in [5.74, 6) is -1.54. The van der Waals surface area contributed by atoms with Crippen LogP contribution in [0.15, 0.2) is 60.3 Å². The molecule has 2 aromatic carbocycles. The van der Waals surface area contributed by atoms with E-state index in [-0.39, 0.29) is 18.8 Å². The number of imide groups is 1. The maximum Gasteiger partial charge on any atom is 0.338 e. The molecule has 3 rings (SSSR count). The summed E-state index contributed by atoms with van der Waals surface area (Å²) in [6.45, 7) is -0.390. The van der Waals surface area contributed by atoms with Gasteiger partial charge in [-0.25, -0.2) is 4.79 Å². The highest BCUT2D eigenvalue weighted by atomic mass is 16.5. The van der Waals surface area contributed by atoms with Gasteiger partial charge in [-0.1, -0.05) is 36.4 Å². The second-order valence-electron chi connectivity index (χ2n) is 5.79. The molecular weight excluding hydrogens is 348 g/mol. The number of hydrogen-bond donors (Lipinski definition) is 2. The largest absolute Gasteiger partial charge is 0.465 e. The third-order valence-electron chi connectivity index (χ3n) is 4.13. The van der Waals surface area contributed by atoms with E-state index in [1.54, 1.807) is 18.2 Å². The average Bonchev–Trinajstić information content (AvgIpc) is 2.95. The predicted molar refractivity (Wildman–Crippen MR) is 98.7 cm³/mol.